The van der Waals surface area contributed by atoms with Crippen LogP contribution in [0.4, 0.5) is 5.69 Å². The number of rotatable bonds is 3. The van der Waals surface area contributed by atoms with Gasteiger partial charge in [0.05, 0.1) is 17.7 Å². The first-order valence-electron chi connectivity index (χ1n) is 5.27. The third-order valence-electron chi connectivity index (χ3n) is 2.57. The van der Waals surface area contributed by atoms with Gasteiger partial charge in [0.25, 0.3) is 0 Å². The Morgan fingerprint density at radius 2 is 2.11 bits per heavy atom. The lowest BCUT2D eigenvalue weighted by Gasteiger charge is -2.05. The number of ether oxygens (including phenoxy) is 1. The Morgan fingerprint density at radius 1 is 1.39 bits per heavy atom. The summed E-state index contributed by atoms with van der Waals surface area (Å²) in [6.07, 6.45) is 0. The average molecular weight is 326 g/mol. The quantitative estimate of drug-likeness (QED) is 0.692. The number of carbonyl (C=O) groups is 1. The minimum atomic E-state index is -0.0249. The van der Waals surface area contributed by atoms with Crippen LogP contribution in [-0.4, -0.2) is 12.9 Å². The summed E-state index contributed by atoms with van der Waals surface area (Å²) in [5, 5.41) is 0. The van der Waals surface area contributed by atoms with Gasteiger partial charge in [0.2, 0.25) is 5.78 Å². The smallest absolute Gasteiger partial charge is 0.203 e. The molecule has 0 aliphatic heterocycles. The molecule has 0 atom stereocenters. The first-order chi connectivity index (χ1) is 8.52. The highest BCUT2D eigenvalue weighted by Crippen LogP contribution is 2.29. The fourth-order valence-electron chi connectivity index (χ4n) is 1.59. The number of halogens is 1. The number of thiophene rings is 1. The second-order valence-corrected chi connectivity index (χ2v) is 5.91. The van der Waals surface area contributed by atoms with Crippen molar-refractivity contribution < 1.29 is 9.53 Å². The number of nitrogens with two attached hydrogens (primary N) is 1. The second kappa shape index (κ2) is 5.12. The Balaban J connectivity index is 2.37. The molecule has 5 heteroatoms. The van der Waals surface area contributed by atoms with Crippen molar-refractivity contribution >= 4 is 38.7 Å². The van der Waals surface area contributed by atoms with Crippen molar-refractivity contribution in [1.29, 1.82) is 0 Å². The topological polar surface area (TPSA) is 52.3 Å². The molecule has 0 saturated carbocycles. The van der Waals surface area contributed by atoms with Gasteiger partial charge in [0.15, 0.2) is 0 Å². The normalized spacial score (nSPS) is 10.4. The van der Waals surface area contributed by atoms with E-state index in [1.807, 2.05) is 13.0 Å². The number of hydrogen-bond donors (Lipinski definition) is 1. The highest BCUT2D eigenvalue weighted by atomic mass is 79.9. The molecule has 2 rings (SSSR count). The standard InChI is InChI=1S/C13H12BrNO2S/c1-7-9(14)6-12(18-7)13(16)8-3-4-11(17-2)10(15)5-8/h3-6H,15H2,1-2H3. The van der Waals surface area contributed by atoms with Crippen molar-refractivity contribution in [3.63, 3.8) is 0 Å². The van der Waals surface area contributed by atoms with E-state index in [0.29, 0.717) is 21.9 Å². The summed E-state index contributed by atoms with van der Waals surface area (Å²) in [7, 11) is 1.55. The lowest BCUT2D eigenvalue weighted by molar-refractivity contribution is 0.104. The van der Waals surface area contributed by atoms with Crippen molar-refractivity contribution in [3.8, 4) is 5.75 Å². The fourth-order valence-corrected chi connectivity index (χ4v) is 3.09. The van der Waals surface area contributed by atoms with Crippen molar-refractivity contribution in [2.45, 2.75) is 6.92 Å². The molecule has 0 radical (unpaired) electrons. The van der Waals surface area contributed by atoms with E-state index in [0.717, 1.165) is 9.35 Å². The van der Waals surface area contributed by atoms with Gasteiger partial charge in [-0.15, -0.1) is 11.3 Å². The average Bonchev–Trinajstić information content (AvgIpc) is 2.68. The Kier molecular flexibility index (Phi) is 3.73. The molecule has 2 aromatic rings. The lowest BCUT2D eigenvalue weighted by Crippen LogP contribution is -2.01. The number of hydrogen-bond acceptors (Lipinski definition) is 4. The summed E-state index contributed by atoms with van der Waals surface area (Å²) < 4.78 is 6.02. The van der Waals surface area contributed by atoms with Crippen LogP contribution >= 0.6 is 27.3 Å². The Hall–Kier alpha value is -1.33. The SMILES string of the molecule is COc1ccc(C(=O)c2cc(Br)c(C)s2)cc1N. The molecule has 0 aliphatic carbocycles. The van der Waals surface area contributed by atoms with E-state index in [4.69, 9.17) is 10.5 Å². The summed E-state index contributed by atoms with van der Waals surface area (Å²) in [5.74, 6) is 0.554. The molecule has 0 fully saturated rings. The molecule has 3 nitrogen and oxygen atoms in total. The molecule has 0 bridgehead atoms. The maximum Gasteiger partial charge on any atom is 0.203 e. The number of anilines is 1. The van der Waals surface area contributed by atoms with Gasteiger partial charge in [-0.05, 0) is 47.1 Å². The van der Waals surface area contributed by atoms with E-state index in [2.05, 4.69) is 15.9 Å². The van der Waals surface area contributed by atoms with E-state index in [1.165, 1.54) is 11.3 Å². The molecule has 0 aliphatic rings. The lowest BCUT2D eigenvalue weighted by atomic mass is 10.1. The molecule has 1 heterocycles. The molecule has 1 aromatic carbocycles. The van der Waals surface area contributed by atoms with Crippen molar-refractivity contribution in [2.75, 3.05) is 12.8 Å². The highest BCUT2D eigenvalue weighted by Gasteiger charge is 2.14. The van der Waals surface area contributed by atoms with Crippen molar-refractivity contribution in [2.24, 2.45) is 0 Å². The number of nitrogen functional groups attached to an aromatic ring is 1. The van der Waals surface area contributed by atoms with Gasteiger partial charge in [-0.25, -0.2) is 0 Å². The minimum Gasteiger partial charge on any atom is -0.495 e. The summed E-state index contributed by atoms with van der Waals surface area (Å²) in [4.78, 5) is 14.0. The van der Waals surface area contributed by atoms with Gasteiger partial charge in [0.1, 0.15) is 5.75 Å². The summed E-state index contributed by atoms with van der Waals surface area (Å²) in [5.41, 5.74) is 6.84. The van der Waals surface area contributed by atoms with Crippen LogP contribution in [0.5, 0.6) is 5.75 Å². The molecule has 0 unspecified atom stereocenters. The van der Waals surface area contributed by atoms with Crippen LogP contribution in [0.3, 0.4) is 0 Å². The van der Waals surface area contributed by atoms with Crippen LogP contribution in [-0.2, 0) is 0 Å². The fraction of sp³-hybridized carbons (Fsp3) is 0.154. The van der Waals surface area contributed by atoms with Crippen LogP contribution < -0.4 is 10.5 Å². The van der Waals surface area contributed by atoms with Crippen LogP contribution in [0.1, 0.15) is 20.1 Å². The molecule has 0 spiro atoms. The summed E-state index contributed by atoms with van der Waals surface area (Å²) in [6.45, 7) is 1.97. The Morgan fingerprint density at radius 3 is 2.61 bits per heavy atom. The highest BCUT2D eigenvalue weighted by molar-refractivity contribution is 9.10. The van der Waals surface area contributed by atoms with Gasteiger partial charge < -0.3 is 10.5 Å². The molecular formula is C13H12BrNO2S. The Labute approximate surface area is 118 Å². The van der Waals surface area contributed by atoms with Crippen LogP contribution in [0.25, 0.3) is 0 Å². The van der Waals surface area contributed by atoms with E-state index < -0.39 is 0 Å². The predicted octanol–water partition coefficient (Wildman–Crippen LogP) is 3.64. The summed E-state index contributed by atoms with van der Waals surface area (Å²) in [6, 6.07) is 6.91. The monoisotopic (exact) mass is 325 g/mol. The largest absolute Gasteiger partial charge is 0.495 e. The predicted molar refractivity (Wildman–Crippen MR) is 77.6 cm³/mol. The van der Waals surface area contributed by atoms with Gasteiger partial charge in [-0.2, -0.15) is 0 Å². The maximum atomic E-state index is 12.3. The third-order valence-corrected chi connectivity index (χ3v) is 4.71. The molecule has 0 saturated heterocycles. The van der Waals surface area contributed by atoms with Crippen LogP contribution in [0.2, 0.25) is 0 Å². The summed E-state index contributed by atoms with van der Waals surface area (Å²) >= 11 is 4.87. The number of carbonyl (C=O) groups excluding carboxylic acids is 1. The van der Waals surface area contributed by atoms with Gasteiger partial charge in [-0.3, -0.25) is 4.79 Å². The zero-order valence-electron chi connectivity index (χ0n) is 9.99. The van der Waals surface area contributed by atoms with Crippen LogP contribution in [0, 0.1) is 6.92 Å². The molecular weight excluding hydrogens is 314 g/mol. The molecule has 18 heavy (non-hydrogen) atoms. The minimum absolute atomic E-state index is 0.0249. The molecule has 94 valence electrons. The number of aryl methyl sites for hydroxylation is 1. The first-order valence-corrected chi connectivity index (χ1v) is 6.88. The number of benzene rings is 1. The van der Waals surface area contributed by atoms with E-state index in [9.17, 15) is 4.79 Å². The van der Waals surface area contributed by atoms with Crippen LogP contribution in [0.15, 0.2) is 28.7 Å². The molecule has 0 amide bonds. The van der Waals surface area contributed by atoms with Gasteiger partial charge in [-0.1, -0.05) is 0 Å². The number of ketones is 1. The van der Waals surface area contributed by atoms with E-state index in [1.54, 1.807) is 25.3 Å². The third kappa shape index (κ3) is 2.42. The Bertz CT molecular complexity index is 588. The van der Waals surface area contributed by atoms with Gasteiger partial charge in [0, 0.05) is 14.9 Å². The van der Waals surface area contributed by atoms with E-state index >= 15 is 0 Å². The zero-order valence-corrected chi connectivity index (χ0v) is 12.4. The molecule has 1 aromatic heterocycles. The second-order valence-electron chi connectivity index (χ2n) is 3.80. The van der Waals surface area contributed by atoms with Gasteiger partial charge >= 0.3 is 0 Å². The van der Waals surface area contributed by atoms with E-state index in [-0.39, 0.29) is 5.78 Å². The zero-order chi connectivity index (χ0) is 13.3. The van der Waals surface area contributed by atoms with Crippen molar-refractivity contribution in [1.82, 2.24) is 0 Å². The molecule has 2 N–H and O–H groups in total. The first kappa shape index (κ1) is 13.1. The van der Waals surface area contributed by atoms with Crippen molar-refractivity contribution in [3.05, 3.63) is 44.1 Å². The number of methoxy groups -OCH3 is 1. The maximum absolute atomic E-state index is 12.3.